The number of benzene rings is 2. The van der Waals surface area contributed by atoms with Crippen molar-refractivity contribution in [1.82, 2.24) is 10.2 Å². The molecule has 1 heterocycles. The predicted octanol–water partition coefficient (Wildman–Crippen LogP) is 5.02. The molecule has 2 aromatic rings. The van der Waals surface area contributed by atoms with E-state index in [-0.39, 0.29) is 18.4 Å². The van der Waals surface area contributed by atoms with Gasteiger partial charge in [-0.1, -0.05) is 48.5 Å². The molecule has 0 spiro atoms. The van der Waals surface area contributed by atoms with Gasteiger partial charge < -0.3 is 19.9 Å². The van der Waals surface area contributed by atoms with E-state index in [1.165, 1.54) is 4.90 Å². The van der Waals surface area contributed by atoms with Crippen LogP contribution in [0, 0.1) is 5.92 Å². The van der Waals surface area contributed by atoms with Crippen molar-refractivity contribution in [2.24, 2.45) is 5.92 Å². The molecule has 8 nitrogen and oxygen atoms in total. The predicted molar refractivity (Wildman–Crippen MR) is 135 cm³/mol. The third kappa shape index (κ3) is 5.64. The van der Waals surface area contributed by atoms with E-state index in [1.807, 2.05) is 36.4 Å². The Morgan fingerprint density at radius 2 is 1.64 bits per heavy atom. The number of nitrogens with one attached hydrogen (secondary N) is 1. The largest absolute Gasteiger partial charge is 0.480 e. The highest BCUT2D eigenvalue weighted by atomic mass is 16.6. The summed E-state index contributed by atoms with van der Waals surface area (Å²) in [5.74, 6) is -1.32. The molecule has 2 aliphatic rings. The van der Waals surface area contributed by atoms with Crippen molar-refractivity contribution in [3.8, 4) is 11.1 Å². The molecule has 192 valence electrons. The van der Waals surface area contributed by atoms with E-state index in [0.29, 0.717) is 32.4 Å². The number of carboxylic acids is 1. The van der Waals surface area contributed by atoms with Gasteiger partial charge in [0.15, 0.2) is 0 Å². The van der Waals surface area contributed by atoms with Crippen LogP contribution in [0.2, 0.25) is 0 Å². The molecule has 0 radical (unpaired) electrons. The van der Waals surface area contributed by atoms with Crippen LogP contribution in [0.4, 0.5) is 9.59 Å². The molecule has 0 bridgehead atoms. The SMILES string of the molecule is CC(C)(C)OC(=O)NCCC[C@@H]1CCN(C(=O)OCC2c3ccccc3-c3ccccc32)[C@@H]1C(=O)O. The molecule has 0 aromatic heterocycles. The maximum atomic E-state index is 13.0. The molecule has 36 heavy (non-hydrogen) atoms. The van der Waals surface area contributed by atoms with E-state index in [9.17, 15) is 19.5 Å². The van der Waals surface area contributed by atoms with Gasteiger partial charge in [0.05, 0.1) is 0 Å². The lowest BCUT2D eigenvalue weighted by atomic mass is 9.95. The number of carboxylic acid groups (broad SMARTS) is 1. The number of alkyl carbamates (subject to hydrolysis) is 1. The fourth-order valence-corrected chi connectivity index (χ4v) is 5.24. The Bertz CT molecular complexity index is 1080. The van der Waals surface area contributed by atoms with Gasteiger partial charge in [0.2, 0.25) is 0 Å². The normalized spacial score (nSPS) is 18.9. The lowest BCUT2D eigenvalue weighted by molar-refractivity contribution is -0.143. The van der Waals surface area contributed by atoms with Crippen LogP contribution >= 0.6 is 0 Å². The molecule has 2 atom stereocenters. The van der Waals surface area contributed by atoms with Crippen LogP contribution in [-0.2, 0) is 14.3 Å². The van der Waals surface area contributed by atoms with Crippen LogP contribution in [0.5, 0.6) is 0 Å². The molecule has 0 saturated carbocycles. The average molecular weight is 495 g/mol. The number of rotatable bonds is 7. The summed E-state index contributed by atoms with van der Waals surface area (Å²) in [6.45, 7) is 6.24. The fraction of sp³-hybridized carbons (Fsp3) is 0.464. The van der Waals surface area contributed by atoms with Gasteiger partial charge in [-0.05, 0) is 68.2 Å². The number of carbonyl (C=O) groups excluding carboxylic acids is 2. The number of amides is 2. The van der Waals surface area contributed by atoms with Crippen molar-refractivity contribution in [3.63, 3.8) is 0 Å². The third-order valence-electron chi connectivity index (χ3n) is 6.77. The van der Waals surface area contributed by atoms with Crippen LogP contribution in [-0.4, -0.2) is 59.5 Å². The minimum absolute atomic E-state index is 0.0815. The van der Waals surface area contributed by atoms with Gasteiger partial charge in [0.25, 0.3) is 0 Å². The molecule has 1 fully saturated rings. The van der Waals surface area contributed by atoms with Crippen LogP contribution < -0.4 is 5.32 Å². The number of ether oxygens (including phenoxy) is 2. The summed E-state index contributed by atoms with van der Waals surface area (Å²) in [6.07, 6.45) is 0.641. The van der Waals surface area contributed by atoms with Crippen molar-refractivity contribution in [3.05, 3.63) is 59.7 Å². The molecule has 1 aliphatic carbocycles. The first-order chi connectivity index (χ1) is 17.2. The lowest BCUT2D eigenvalue weighted by Gasteiger charge is -2.25. The Hall–Kier alpha value is -3.55. The Labute approximate surface area is 211 Å². The Balaban J connectivity index is 1.33. The minimum Gasteiger partial charge on any atom is -0.480 e. The molecular weight excluding hydrogens is 460 g/mol. The summed E-state index contributed by atoms with van der Waals surface area (Å²) in [5, 5.41) is 12.6. The van der Waals surface area contributed by atoms with E-state index in [0.717, 1.165) is 22.3 Å². The highest BCUT2D eigenvalue weighted by Crippen LogP contribution is 2.44. The Kier molecular flexibility index (Phi) is 7.52. The number of aliphatic carboxylic acids is 1. The van der Waals surface area contributed by atoms with Crippen LogP contribution in [0.25, 0.3) is 11.1 Å². The van der Waals surface area contributed by atoms with E-state index in [2.05, 4.69) is 17.4 Å². The molecule has 2 amide bonds. The van der Waals surface area contributed by atoms with Crippen molar-refractivity contribution in [1.29, 1.82) is 0 Å². The van der Waals surface area contributed by atoms with Crippen molar-refractivity contribution < 1.29 is 29.0 Å². The molecule has 2 N–H and O–H groups in total. The Morgan fingerprint density at radius 1 is 1.03 bits per heavy atom. The average Bonchev–Trinajstić information content (AvgIpc) is 3.39. The highest BCUT2D eigenvalue weighted by Gasteiger charge is 2.42. The number of carbonyl (C=O) groups is 3. The summed E-state index contributed by atoms with van der Waals surface area (Å²) in [7, 11) is 0. The molecular formula is C28H34N2O6. The lowest BCUT2D eigenvalue weighted by Crippen LogP contribution is -2.44. The monoisotopic (exact) mass is 494 g/mol. The van der Waals surface area contributed by atoms with Crippen molar-refractivity contribution in [2.75, 3.05) is 19.7 Å². The molecule has 1 aliphatic heterocycles. The van der Waals surface area contributed by atoms with Crippen LogP contribution in [0.3, 0.4) is 0 Å². The minimum atomic E-state index is -1.04. The van der Waals surface area contributed by atoms with E-state index < -0.39 is 29.8 Å². The quantitative estimate of drug-likeness (QED) is 0.524. The standard InChI is InChI=1S/C28H34N2O6/c1-28(2,3)36-26(33)29-15-8-9-18-14-16-30(24(18)25(31)32)27(34)35-17-23-21-12-6-4-10-19(21)20-11-5-7-13-22(20)23/h4-7,10-13,18,23-24H,8-9,14-17H2,1-3H3,(H,29,33)(H,31,32)/t18-,24+/m1/s1. The van der Waals surface area contributed by atoms with Gasteiger partial charge in [-0.2, -0.15) is 0 Å². The summed E-state index contributed by atoms with van der Waals surface area (Å²) in [4.78, 5) is 38.2. The summed E-state index contributed by atoms with van der Waals surface area (Å²) in [5.41, 5.74) is 3.92. The van der Waals surface area contributed by atoms with Crippen LogP contribution in [0.1, 0.15) is 57.1 Å². The third-order valence-corrected chi connectivity index (χ3v) is 6.77. The van der Waals surface area contributed by atoms with Crippen LogP contribution in [0.15, 0.2) is 48.5 Å². The number of hydrogen-bond acceptors (Lipinski definition) is 5. The number of likely N-dealkylation sites (tertiary alicyclic amines) is 1. The smallest absolute Gasteiger partial charge is 0.410 e. The zero-order valence-corrected chi connectivity index (χ0v) is 21.0. The fourth-order valence-electron chi connectivity index (χ4n) is 5.24. The number of fused-ring (bicyclic) bond motifs is 3. The second-order valence-electron chi connectivity index (χ2n) is 10.4. The van der Waals surface area contributed by atoms with E-state index in [4.69, 9.17) is 9.47 Å². The molecule has 2 aromatic carbocycles. The van der Waals surface area contributed by atoms with Crippen molar-refractivity contribution in [2.45, 2.75) is 57.6 Å². The maximum absolute atomic E-state index is 13.0. The second kappa shape index (κ2) is 10.6. The van der Waals surface area contributed by atoms with Crippen molar-refractivity contribution >= 4 is 18.2 Å². The number of nitrogens with zero attached hydrogens (tertiary/aromatic N) is 1. The second-order valence-corrected chi connectivity index (χ2v) is 10.4. The van der Waals surface area contributed by atoms with E-state index in [1.54, 1.807) is 20.8 Å². The number of hydrogen-bond donors (Lipinski definition) is 2. The van der Waals surface area contributed by atoms with Gasteiger partial charge in [0, 0.05) is 19.0 Å². The first-order valence-corrected chi connectivity index (χ1v) is 12.5. The first-order valence-electron chi connectivity index (χ1n) is 12.5. The topological polar surface area (TPSA) is 105 Å². The zero-order chi connectivity index (χ0) is 25.9. The molecule has 8 heteroatoms. The summed E-state index contributed by atoms with van der Waals surface area (Å²) in [6, 6.07) is 15.2. The van der Waals surface area contributed by atoms with E-state index >= 15 is 0 Å². The van der Waals surface area contributed by atoms with Gasteiger partial charge in [-0.25, -0.2) is 14.4 Å². The van der Waals surface area contributed by atoms with Gasteiger partial charge in [-0.3, -0.25) is 4.90 Å². The van der Waals surface area contributed by atoms with Gasteiger partial charge in [-0.15, -0.1) is 0 Å². The van der Waals surface area contributed by atoms with Gasteiger partial charge >= 0.3 is 18.2 Å². The molecule has 0 unspecified atom stereocenters. The maximum Gasteiger partial charge on any atom is 0.410 e. The highest BCUT2D eigenvalue weighted by molar-refractivity contribution is 5.82. The Morgan fingerprint density at radius 3 is 2.22 bits per heavy atom. The zero-order valence-electron chi connectivity index (χ0n) is 21.0. The molecule has 1 saturated heterocycles. The van der Waals surface area contributed by atoms with Gasteiger partial charge in [0.1, 0.15) is 18.2 Å². The summed E-state index contributed by atoms with van der Waals surface area (Å²) >= 11 is 0. The summed E-state index contributed by atoms with van der Waals surface area (Å²) < 4.78 is 10.9. The molecule has 4 rings (SSSR count). The first kappa shape index (κ1) is 25.5.